The molecule has 0 amide bonds. The van der Waals surface area contributed by atoms with Crippen molar-refractivity contribution in [2.75, 3.05) is 0 Å². The van der Waals surface area contributed by atoms with Gasteiger partial charge in [0, 0.05) is 216 Å². The van der Waals surface area contributed by atoms with E-state index in [1.165, 1.54) is 134 Å². The van der Waals surface area contributed by atoms with E-state index in [2.05, 4.69) is 324 Å². The quantitative estimate of drug-likeness (QED) is 0.150. The molecule has 0 aliphatic heterocycles. The molecule has 12 heterocycles. The minimum Gasteiger partial charge on any atom is -0.456 e. The third-order valence-corrected chi connectivity index (χ3v) is 30.5. The van der Waals surface area contributed by atoms with Crippen molar-refractivity contribution in [3.8, 4) is 89.1 Å². The fourth-order valence-corrected chi connectivity index (χ4v) is 24.1. The van der Waals surface area contributed by atoms with Gasteiger partial charge in [-0.15, -0.1) is 56.7 Å². The number of fused-ring (bicyclic) bond motifs is 24. The monoisotopic (exact) mass is 1720 g/mol. The number of pyridine rings is 4. The number of aromatic nitrogens is 4. The van der Waals surface area contributed by atoms with Crippen LogP contribution in [0.5, 0.6) is 0 Å². The topological polar surface area (TPSA) is 91.0 Å². The van der Waals surface area contributed by atoms with Crippen LogP contribution < -0.4 is 0 Å². The molecule has 28 rings (SSSR count). The Morgan fingerprint density at radius 3 is 0.789 bits per heavy atom. The molecule has 128 heavy (non-hydrogen) atoms. The molecule has 0 spiro atoms. The second kappa shape index (κ2) is 31.4. The van der Waals surface area contributed by atoms with Crippen molar-refractivity contribution >= 4 is 223 Å². The van der Waals surface area contributed by atoms with Crippen LogP contribution in [0.1, 0.15) is 0 Å². The summed E-state index contributed by atoms with van der Waals surface area (Å²) in [5.41, 5.74) is 23.8. The molecule has 28 aromatic rings. The third kappa shape index (κ3) is 13.4. The summed E-state index contributed by atoms with van der Waals surface area (Å²) in [6.07, 6.45) is 13.6. The van der Waals surface area contributed by atoms with Gasteiger partial charge in [0.2, 0.25) is 0 Å². The normalized spacial score (nSPS) is 11.8. The summed E-state index contributed by atoms with van der Waals surface area (Å²) in [7, 11) is 0. The van der Waals surface area contributed by atoms with Crippen LogP contribution in [0.25, 0.3) is 256 Å². The van der Waals surface area contributed by atoms with Crippen molar-refractivity contribution in [1.82, 2.24) is 19.9 Å². The molecular formula is C116H68N4O3S5. The van der Waals surface area contributed by atoms with Gasteiger partial charge >= 0.3 is 0 Å². The Morgan fingerprint density at radius 1 is 0.164 bits per heavy atom. The zero-order valence-corrected chi connectivity index (χ0v) is 72.4. The van der Waals surface area contributed by atoms with Gasteiger partial charge in [0.25, 0.3) is 0 Å². The zero-order valence-electron chi connectivity index (χ0n) is 68.3. The first-order valence-electron chi connectivity index (χ1n) is 42.5. The lowest BCUT2D eigenvalue weighted by Gasteiger charge is -2.07. The van der Waals surface area contributed by atoms with Gasteiger partial charge in [-0.25, -0.2) is 0 Å². The molecule has 0 atom stereocenters. The van der Waals surface area contributed by atoms with E-state index in [9.17, 15) is 0 Å². The predicted molar refractivity (Wildman–Crippen MR) is 547 cm³/mol. The highest BCUT2D eigenvalue weighted by molar-refractivity contribution is 7.27. The highest BCUT2D eigenvalue weighted by atomic mass is 32.1. The van der Waals surface area contributed by atoms with Crippen molar-refractivity contribution in [2.24, 2.45) is 0 Å². The van der Waals surface area contributed by atoms with E-state index in [4.69, 9.17) is 18.2 Å². The number of furan rings is 3. The van der Waals surface area contributed by atoms with E-state index < -0.39 is 0 Å². The zero-order chi connectivity index (χ0) is 84.3. The molecule has 600 valence electrons. The first-order chi connectivity index (χ1) is 63.4. The minimum absolute atomic E-state index is 0.899. The van der Waals surface area contributed by atoms with Gasteiger partial charge in [0.15, 0.2) is 0 Å². The molecule has 0 N–H and O–H groups in total. The molecule has 0 aliphatic carbocycles. The summed E-state index contributed by atoms with van der Waals surface area (Å²) in [5, 5.41) is 20.0. The Hall–Kier alpha value is -15.4. The van der Waals surface area contributed by atoms with Gasteiger partial charge in [-0.05, 0) is 196 Å². The smallest absolute Gasteiger partial charge is 0.135 e. The van der Waals surface area contributed by atoms with Crippen LogP contribution in [0, 0.1) is 0 Å². The lowest BCUT2D eigenvalue weighted by Crippen LogP contribution is -1.86. The number of para-hydroxylation sites is 3. The molecule has 0 fully saturated rings. The molecule has 12 heteroatoms. The van der Waals surface area contributed by atoms with E-state index in [0.29, 0.717) is 0 Å². The highest BCUT2D eigenvalue weighted by Crippen LogP contribution is 2.47. The summed E-state index contributed by atoms with van der Waals surface area (Å²) in [6.45, 7) is 0. The van der Waals surface area contributed by atoms with E-state index in [0.717, 1.165) is 122 Å². The van der Waals surface area contributed by atoms with Gasteiger partial charge in [-0.1, -0.05) is 218 Å². The van der Waals surface area contributed by atoms with Gasteiger partial charge in [-0.3, -0.25) is 19.9 Å². The van der Waals surface area contributed by atoms with Crippen molar-refractivity contribution in [3.63, 3.8) is 0 Å². The number of rotatable bonds is 8. The molecule has 0 aliphatic rings. The third-order valence-electron chi connectivity index (χ3n) is 24.6. The molecule has 12 aromatic heterocycles. The average Bonchev–Trinajstić information content (AvgIpc) is 1.60. The van der Waals surface area contributed by atoms with Crippen LogP contribution >= 0.6 is 56.7 Å². The molecular weight excluding hydrogens is 1660 g/mol. The molecule has 0 unspecified atom stereocenters. The Kier molecular flexibility index (Phi) is 18.4. The second-order valence-electron chi connectivity index (χ2n) is 32.2. The van der Waals surface area contributed by atoms with Crippen molar-refractivity contribution in [1.29, 1.82) is 0 Å². The Labute approximate surface area is 752 Å². The number of benzene rings is 16. The average molecular weight is 1730 g/mol. The minimum atomic E-state index is 0.899. The SMILES string of the molecule is c1ccc2c(c1)oc1ccc(-c3cncc(-c4ccc5oc6ccccc6c5c4)c3)cc12.c1ccc2c(c1)oc1ccc(-c3cncc(-c4ccc5sc6ccccc6c5c4)c3)cc12.c1ccc2c(c1)sc1c(-c3ccnc(-c4cccc5c4sc4ccccc45)c3)cccc12.c1ccc2c(c1)sc1ccc(-c3cncc(-c4ccc5sc6ccccc6c5c4)c3)cc12. The van der Waals surface area contributed by atoms with Crippen molar-refractivity contribution in [2.45, 2.75) is 0 Å². The molecule has 0 bridgehead atoms. The van der Waals surface area contributed by atoms with Gasteiger partial charge in [0.05, 0.1) is 5.69 Å². The maximum Gasteiger partial charge on any atom is 0.135 e. The Bertz CT molecular complexity index is 8150. The number of hydrogen-bond acceptors (Lipinski definition) is 12. The van der Waals surface area contributed by atoms with E-state index in [1.54, 1.807) is 0 Å². The van der Waals surface area contributed by atoms with Gasteiger partial charge in [0.1, 0.15) is 33.5 Å². The maximum atomic E-state index is 5.99. The fourth-order valence-electron chi connectivity index (χ4n) is 18.4. The van der Waals surface area contributed by atoms with E-state index in [-0.39, 0.29) is 0 Å². The second-order valence-corrected chi connectivity index (χ2v) is 37.6. The summed E-state index contributed by atoms with van der Waals surface area (Å²) < 4.78 is 31.2. The fraction of sp³-hybridized carbons (Fsp3) is 0. The number of hydrogen-bond donors (Lipinski definition) is 0. The maximum absolute atomic E-state index is 5.99. The van der Waals surface area contributed by atoms with Crippen molar-refractivity contribution in [3.05, 3.63) is 413 Å². The standard InChI is InChI=1S/C29H17NO2.C29H17NOS.2C29H17NS2/c1-3-7-26-22(5-1)24-14-18(9-11-28(24)31-26)20-13-21(17-30-16-20)19-10-12-29-25(15-19)23-6-2-4-8-27(23)32-29;1-3-7-26-22(5-1)24-14-18(9-11-27(24)31-26)20-13-21(17-30-16-20)19-10-12-29-25(15-19)23-6-2-4-8-28(23)32-29;1-3-13-26-20(7-1)22-10-5-9-19(28(22)31-26)18-15-16-30-25(17-18)24-12-6-11-23-21-8-2-4-14-27(21)32-29(23)24;1-3-7-26-22(5-1)24-14-18(9-11-28(24)31-26)20-13-21(17-30-16-20)19-10-12-29-25(15-19)23-6-2-4-8-27(23)32-29/h4*1-17H. The van der Waals surface area contributed by atoms with Gasteiger partial charge in [-0.2, -0.15) is 0 Å². The summed E-state index contributed by atoms with van der Waals surface area (Å²) in [5.74, 6) is 0. The summed E-state index contributed by atoms with van der Waals surface area (Å²) in [6, 6.07) is 131. The Morgan fingerprint density at radius 2 is 0.430 bits per heavy atom. The summed E-state index contributed by atoms with van der Waals surface area (Å²) >= 11 is 9.28. The molecule has 0 saturated carbocycles. The van der Waals surface area contributed by atoms with Crippen LogP contribution in [-0.2, 0) is 0 Å². The molecule has 0 saturated heterocycles. The van der Waals surface area contributed by atoms with E-state index >= 15 is 0 Å². The van der Waals surface area contributed by atoms with E-state index in [1.807, 2.05) is 161 Å². The number of thiophene rings is 5. The number of nitrogens with zero attached hydrogens (tertiary/aromatic N) is 4. The first kappa shape index (κ1) is 75.2. The van der Waals surface area contributed by atoms with Crippen LogP contribution in [0.4, 0.5) is 0 Å². The highest BCUT2D eigenvalue weighted by Gasteiger charge is 2.20. The summed E-state index contributed by atoms with van der Waals surface area (Å²) in [4.78, 5) is 18.5. The lowest BCUT2D eigenvalue weighted by atomic mass is 9.99. The Balaban J connectivity index is 0.0000000926. The molecule has 0 radical (unpaired) electrons. The van der Waals surface area contributed by atoms with Crippen LogP contribution in [0.2, 0.25) is 0 Å². The molecule has 16 aromatic carbocycles. The molecule has 7 nitrogen and oxygen atoms in total. The van der Waals surface area contributed by atoms with Gasteiger partial charge < -0.3 is 13.3 Å². The lowest BCUT2D eigenvalue weighted by molar-refractivity contribution is 0.668. The predicted octanol–water partition coefficient (Wildman–Crippen LogP) is 35.2. The van der Waals surface area contributed by atoms with Crippen LogP contribution in [0.15, 0.2) is 427 Å². The van der Waals surface area contributed by atoms with Crippen molar-refractivity contribution < 1.29 is 13.3 Å². The van der Waals surface area contributed by atoms with Crippen LogP contribution in [0.3, 0.4) is 0 Å². The largest absolute Gasteiger partial charge is 0.456 e. The first-order valence-corrected chi connectivity index (χ1v) is 46.6. The van der Waals surface area contributed by atoms with Crippen LogP contribution in [-0.4, -0.2) is 19.9 Å².